The van der Waals surface area contributed by atoms with Crippen LogP contribution in [0.5, 0.6) is 0 Å². The van der Waals surface area contributed by atoms with E-state index in [9.17, 15) is 9.59 Å². The summed E-state index contributed by atoms with van der Waals surface area (Å²) in [6, 6.07) is 9.34. The van der Waals surface area contributed by atoms with Crippen LogP contribution in [0.2, 0.25) is 0 Å². The van der Waals surface area contributed by atoms with E-state index in [0.29, 0.717) is 18.2 Å². The number of carbonyl (C=O) groups excluding carboxylic acids is 2. The van der Waals surface area contributed by atoms with Gasteiger partial charge in [0.05, 0.1) is 18.4 Å². The van der Waals surface area contributed by atoms with Crippen LogP contribution in [0.1, 0.15) is 44.6 Å². The summed E-state index contributed by atoms with van der Waals surface area (Å²) in [6.45, 7) is 4.50. The van der Waals surface area contributed by atoms with Crippen molar-refractivity contribution >= 4 is 23.6 Å². The summed E-state index contributed by atoms with van der Waals surface area (Å²) in [4.78, 5) is 26.9. The molecule has 0 bridgehead atoms. The van der Waals surface area contributed by atoms with Gasteiger partial charge in [0.15, 0.2) is 0 Å². The Morgan fingerprint density at radius 2 is 2.04 bits per heavy atom. The third kappa shape index (κ3) is 4.50. The van der Waals surface area contributed by atoms with Crippen LogP contribution in [0.15, 0.2) is 30.3 Å². The average molecular weight is 335 g/mol. The number of ether oxygens (including phenoxy) is 1. The van der Waals surface area contributed by atoms with E-state index in [1.54, 1.807) is 16.7 Å². The van der Waals surface area contributed by atoms with Crippen LogP contribution in [0.25, 0.3) is 0 Å². The molecule has 1 heterocycles. The molecule has 1 aliphatic rings. The van der Waals surface area contributed by atoms with Crippen molar-refractivity contribution in [3.63, 3.8) is 0 Å². The van der Waals surface area contributed by atoms with Gasteiger partial charge in [-0.05, 0) is 18.4 Å². The van der Waals surface area contributed by atoms with Gasteiger partial charge in [-0.3, -0.25) is 4.79 Å². The number of nitrogens with zero attached hydrogens (tertiary/aromatic N) is 1. The Balaban J connectivity index is 2.06. The summed E-state index contributed by atoms with van der Waals surface area (Å²) in [5.74, 6) is 0.763. The topological polar surface area (TPSA) is 46.6 Å². The first-order chi connectivity index (χ1) is 11.2. The normalized spacial score (nSPS) is 18.7. The van der Waals surface area contributed by atoms with Crippen LogP contribution >= 0.6 is 11.8 Å². The number of carbonyl (C=O) groups is 2. The van der Waals surface area contributed by atoms with E-state index in [0.717, 1.165) is 24.8 Å². The SMILES string of the molecule is CCCCOC(=O)C1CSCN1C(=O)C(CC)c1ccccc1. The minimum atomic E-state index is -0.442. The number of benzene rings is 1. The molecule has 0 aromatic heterocycles. The molecular weight excluding hydrogens is 310 g/mol. The van der Waals surface area contributed by atoms with Crippen molar-refractivity contribution in [3.8, 4) is 0 Å². The number of esters is 1. The lowest BCUT2D eigenvalue weighted by Crippen LogP contribution is -2.44. The fourth-order valence-electron chi connectivity index (χ4n) is 2.71. The monoisotopic (exact) mass is 335 g/mol. The molecule has 2 unspecified atom stereocenters. The fourth-order valence-corrected chi connectivity index (χ4v) is 3.86. The standard InChI is InChI=1S/C18H25NO3S/c1-3-5-11-22-18(21)16-12-23-13-19(16)17(20)15(4-2)14-9-7-6-8-10-14/h6-10,15-16H,3-5,11-13H2,1-2H3. The van der Waals surface area contributed by atoms with Gasteiger partial charge in [0.1, 0.15) is 6.04 Å². The van der Waals surface area contributed by atoms with E-state index >= 15 is 0 Å². The van der Waals surface area contributed by atoms with Crippen molar-refractivity contribution < 1.29 is 14.3 Å². The Kier molecular flexibility index (Phi) is 6.96. The van der Waals surface area contributed by atoms with Crippen LogP contribution in [0.4, 0.5) is 0 Å². The highest BCUT2D eigenvalue weighted by Crippen LogP contribution is 2.29. The quantitative estimate of drug-likeness (QED) is 0.566. The van der Waals surface area contributed by atoms with Crippen LogP contribution in [0, 0.1) is 0 Å². The molecule has 2 atom stereocenters. The fraction of sp³-hybridized carbons (Fsp3) is 0.556. The summed E-state index contributed by atoms with van der Waals surface area (Å²) < 4.78 is 5.32. The Morgan fingerprint density at radius 1 is 1.30 bits per heavy atom. The van der Waals surface area contributed by atoms with E-state index < -0.39 is 6.04 Å². The van der Waals surface area contributed by atoms with E-state index in [1.165, 1.54) is 0 Å². The van der Waals surface area contributed by atoms with Crippen molar-refractivity contribution in [3.05, 3.63) is 35.9 Å². The molecule has 23 heavy (non-hydrogen) atoms. The highest BCUT2D eigenvalue weighted by Gasteiger charge is 2.38. The largest absolute Gasteiger partial charge is 0.464 e. The molecule has 1 amide bonds. The Morgan fingerprint density at radius 3 is 2.70 bits per heavy atom. The van der Waals surface area contributed by atoms with E-state index in [1.807, 2.05) is 37.3 Å². The van der Waals surface area contributed by atoms with Gasteiger partial charge >= 0.3 is 5.97 Å². The smallest absolute Gasteiger partial charge is 0.329 e. The van der Waals surface area contributed by atoms with Crippen LogP contribution in [-0.4, -0.2) is 41.1 Å². The molecule has 1 aromatic rings. The van der Waals surface area contributed by atoms with Gasteiger partial charge in [0, 0.05) is 5.75 Å². The number of unbranched alkanes of at least 4 members (excludes halogenated alkanes) is 1. The maximum atomic E-state index is 12.9. The molecule has 0 aliphatic carbocycles. The van der Waals surface area contributed by atoms with E-state index in [2.05, 4.69) is 6.92 Å². The predicted molar refractivity (Wildman–Crippen MR) is 93.3 cm³/mol. The summed E-state index contributed by atoms with van der Waals surface area (Å²) in [5, 5.41) is 0. The first-order valence-corrected chi connectivity index (χ1v) is 9.44. The predicted octanol–water partition coefficient (Wildman–Crippen LogP) is 3.43. The Bertz CT molecular complexity index is 520. The molecule has 126 valence electrons. The summed E-state index contributed by atoms with van der Waals surface area (Å²) in [5.41, 5.74) is 1.01. The first kappa shape index (κ1) is 17.9. The maximum absolute atomic E-state index is 12.9. The van der Waals surface area contributed by atoms with Crippen molar-refractivity contribution in [1.29, 1.82) is 0 Å². The second-order valence-electron chi connectivity index (χ2n) is 5.72. The lowest BCUT2D eigenvalue weighted by molar-refractivity contribution is -0.153. The third-order valence-corrected chi connectivity index (χ3v) is 5.10. The van der Waals surface area contributed by atoms with Gasteiger partial charge < -0.3 is 9.64 Å². The van der Waals surface area contributed by atoms with Crippen LogP contribution in [0.3, 0.4) is 0 Å². The lowest BCUT2D eigenvalue weighted by Gasteiger charge is -2.26. The van der Waals surface area contributed by atoms with E-state index in [-0.39, 0.29) is 17.8 Å². The molecule has 5 heteroatoms. The zero-order valence-electron chi connectivity index (χ0n) is 13.9. The molecular formula is C18H25NO3S. The summed E-state index contributed by atoms with van der Waals surface area (Å²) in [7, 11) is 0. The van der Waals surface area contributed by atoms with Crippen molar-refractivity contribution in [1.82, 2.24) is 4.90 Å². The molecule has 1 aromatic carbocycles. The van der Waals surface area contributed by atoms with Gasteiger partial charge in [0.25, 0.3) is 0 Å². The summed E-state index contributed by atoms with van der Waals surface area (Å²) in [6.07, 6.45) is 2.57. The zero-order valence-corrected chi connectivity index (χ0v) is 14.7. The molecule has 0 spiro atoms. The van der Waals surface area contributed by atoms with Crippen molar-refractivity contribution in [2.75, 3.05) is 18.2 Å². The number of amides is 1. The molecule has 1 saturated heterocycles. The minimum Gasteiger partial charge on any atom is -0.464 e. The molecule has 0 saturated carbocycles. The minimum absolute atomic E-state index is 0.0288. The lowest BCUT2D eigenvalue weighted by atomic mass is 9.95. The molecule has 2 rings (SSSR count). The van der Waals surface area contributed by atoms with Gasteiger partial charge in [-0.25, -0.2) is 4.79 Å². The van der Waals surface area contributed by atoms with E-state index in [4.69, 9.17) is 4.74 Å². The zero-order chi connectivity index (χ0) is 16.7. The van der Waals surface area contributed by atoms with Crippen molar-refractivity contribution in [2.45, 2.75) is 45.1 Å². The van der Waals surface area contributed by atoms with Crippen LogP contribution in [-0.2, 0) is 14.3 Å². The number of rotatable bonds is 7. The van der Waals surface area contributed by atoms with Gasteiger partial charge in [0.2, 0.25) is 5.91 Å². The van der Waals surface area contributed by atoms with Crippen LogP contribution < -0.4 is 0 Å². The maximum Gasteiger partial charge on any atom is 0.329 e. The highest BCUT2D eigenvalue weighted by molar-refractivity contribution is 7.99. The number of thioether (sulfide) groups is 1. The van der Waals surface area contributed by atoms with Gasteiger partial charge in [-0.2, -0.15) is 0 Å². The second kappa shape index (κ2) is 8.96. The molecule has 0 N–H and O–H groups in total. The number of hydrogen-bond donors (Lipinski definition) is 0. The Hall–Kier alpha value is -1.49. The highest BCUT2D eigenvalue weighted by atomic mass is 32.2. The molecule has 1 fully saturated rings. The van der Waals surface area contributed by atoms with Gasteiger partial charge in [-0.15, -0.1) is 11.8 Å². The Labute approximate surface area is 142 Å². The molecule has 0 radical (unpaired) electrons. The number of hydrogen-bond acceptors (Lipinski definition) is 4. The second-order valence-corrected chi connectivity index (χ2v) is 6.72. The average Bonchev–Trinajstić information content (AvgIpc) is 3.06. The summed E-state index contributed by atoms with van der Waals surface area (Å²) >= 11 is 1.61. The first-order valence-electron chi connectivity index (χ1n) is 8.28. The third-order valence-electron chi connectivity index (χ3n) is 4.09. The van der Waals surface area contributed by atoms with Gasteiger partial charge in [-0.1, -0.05) is 50.6 Å². The molecule has 4 nitrogen and oxygen atoms in total. The molecule has 1 aliphatic heterocycles. The van der Waals surface area contributed by atoms with Crippen molar-refractivity contribution in [2.24, 2.45) is 0 Å².